The van der Waals surface area contributed by atoms with Crippen molar-refractivity contribution >= 4 is 12.1 Å². The average molecular weight is 183 g/mol. The van der Waals surface area contributed by atoms with Gasteiger partial charge in [-0.2, -0.15) is 0 Å². The lowest BCUT2D eigenvalue weighted by molar-refractivity contribution is -0.137. The van der Waals surface area contributed by atoms with E-state index in [2.05, 4.69) is 20.4 Å². The molecule has 0 atom stereocenters. The van der Waals surface area contributed by atoms with Crippen molar-refractivity contribution in [2.75, 3.05) is 0 Å². The lowest BCUT2D eigenvalue weighted by Gasteiger charge is -1.96. The number of aryl methyl sites for hydroxylation is 1. The highest BCUT2D eigenvalue weighted by Gasteiger charge is 2.07. The van der Waals surface area contributed by atoms with Crippen LogP contribution in [0, 0.1) is 0 Å². The van der Waals surface area contributed by atoms with Gasteiger partial charge >= 0.3 is 12.1 Å². The van der Waals surface area contributed by atoms with E-state index in [0.29, 0.717) is 6.42 Å². The van der Waals surface area contributed by atoms with Gasteiger partial charge in [0.05, 0.1) is 18.4 Å². The van der Waals surface area contributed by atoms with E-state index in [1.807, 2.05) is 0 Å². The second kappa shape index (κ2) is 4.24. The minimum Gasteiger partial charge on any atom is -0.376 e. The highest BCUT2D eigenvalue weighted by Crippen LogP contribution is 1.98. The number of H-pyrrole nitrogens is 1. The van der Waals surface area contributed by atoms with Crippen molar-refractivity contribution in [3.8, 4) is 0 Å². The molecule has 0 bridgehead atoms. The number of imidazole rings is 1. The van der Waals surface area contributed by atoms with Gasteiger partial charge in [0, 0.05) is 12.6 Å². The number of nitrogens with zero attached hydrogens (tertiary/aromatic N) is 1. The van der Waals surface area contributed by atoms with Gasteiger partial charge in [-0.05, 0) is 0 Å². The number of carbonyl (C=O) groups excluding carboxylic acids is 2. The fourth-order valence-corrected chi connectivity index (χ4v) is 0.821. The Morgan fingerprint density at radius 1 is 1.62 bits per heavy atom. The van der Waals surface area contributed by atoms with Crippen molar-refractivity contribution in [3.63, 3.8) is 0 Å². The lowest BCUT2D eigenvalue weighted by Crippen LogP contribution is -2.18. The highest BCUT2D eigenvalue weighted by atomic mass is 16.6. The number of esters is 1. The molecule has 1 heterocycles. The van der Waals surface area contributed by atoms with Gasteiger partial charge in [-0.25, -0.2) is 9.78 Å². The van der Waals surface area contributed by atoms with Gasteiger partial charge in [-0.15, -0.1) is 0 Å². The van der Waals surface area contributed by atoms with Crippen LogP contribution < -0.4 is 5.73 Å². The fourth-order valence-electron chi connectivity index (χ4n) is 0.821. The number of hydrogen-bond acceptors (Lipinski definition) is 4. The smallest absolute Gasteiger partial charge is 0.376 e. The molecule has 0 saturated heterocycles. The quantitative estimate of drug-likeness (QED) is 0.507. The zero-order chi connectivity index (χ0) is 9.68. The first-order valence-electron chi connectivity index (χ1n) is 3.66. The monoisotopic (exact) mass is 183 g/mol. The van der Waals surface area contributed by atoms with Crippen molar-refractivity contribution in [1.29, 1.82) is 0 Å². The minimum atomic E-state index is -1.08. The van der Waals surface area contributed by atoms with E-state index in [-0.39, 0.29) is 6.42 Å². The van der Waals surface area contributed by atoms with Gasteiger partial charge in [-0.3, -0.25) is 4.79 Å². The predicted molar refractivity (Wildman–Crippen MR) is 42.6 cm³/mol. The Labute approximate surface area is 74.1 Å². The molecule has 0 radical (unpaired) electrons. The zero-order valence-corrected chi connectivity index (χ0v) is 6.82. The van der Waals surface area contributed by atoms with E-state index in [4.69, 9.17) is 0 Å². The number of nitrogens with one attached hydrogen (secondary N) is 1. The summed E-state index contributed by atoms with van der Waals surface area (Å²) in [7, 11) is 0. The van der Waals surface area contributed by atoms with Crippen LogP contribution in [0.15, 0.2) is 12.5 Å². The van der Waals surface area contributed by atoms with E-state index >= 15 is 0 Å². The van der Waals surface area contributed by atoms with Crippen molar-refractivity contribution in [2.24, 2.45) is 5.73 Å². The molecule has 1 amide bonds. The number of amides is 1. The molecule has 0 saturated carbocycles. The summed E-state index contributed by atoms with van der Waals surface area (Å²) in [5, 5.41) is 0. The van der Waals surface area contributed by atoms with Crippen LogP contribution in [0.3, 0.4) is 0 Å². The van der Waals surface area contributed by atoms with Crippen LogP contribution in [0.1, 0.15) is 12.1 Å². The fraction of sp³-hybridized carbons (Fsp3) is 0.286. The van der Waals surface area contributed by atoms with Crippen molar-refractivity contribution < 1.29 is 14.3 Å². The lowest BCUT2D eigenvalue weighted by atomic mass is 10.2. The number of nitrogens with two attached hydrogens (primary N) is 1. The topological polar surface area (TPSA) is 98.1 Å². The standard InChI is InChI=1S/C7H9N3O3/c8-7(12)13-6(11)2-1-5-3-9-4-10-5/h3-4H,1-2H2,(H2,8,12)(H,9,10). The number of aromatic nitrogens is 2. The van der Waals surface area contributed by atoms with Gasteiger partial charge in [0.15, 0.2) is 0 Å². The number of hydrogen-bond donors (Lipinski definition) is 2. The molecule has 1 aromatic rings. The Kier molecular flexibility index (Phi) is 3.02. The Morgan fingerprint density at radius 3 is 2.92 bits per heavy atom. The maximum absolute atomic E-state index is 10.8. The second-order valence-electron chi connectivity index (χ2n) is 2.35. The molecule has 70 valence electrons. The third kappa shape index (κ3) is 3.37. The SMILES string of the molecule is NC(=O)OC(=O)CCc1c[nH]cn1. The first-order chi connectivity index (χ1) is 6.18. The van der Waals surface area contributed by atoms with Gasteiger partial charge in [0.2, 0.25) is 0 Å². The molecule has 0 aliphatic heterocycles. The van der Waals surface area contributed by atoms with Crippen LogP contribution in [-0.2, 0) is 16.0 Å². The first-order valence-corrected chi connectivity index (χ1v) is 3.66. The number of carbonyl (C=O) groups is 2. The number of ether oxygens (including phenoxy) is 1. The molecule has 3 N–H and O–H groups in total. The van der Waals surface area contributed by atoms with Crippen LogP contribution in [0.25, 0.3) is 0 Å². The van der Waals surface area contributed by atoms with E-state index in [1.165, 1.54) is 6.33 Å². The van der Waals surface area contributed by atoms with Crippen LogP contribution >= 0.6 is 0 Å². The molecule has 0 spiro atoms. The van der Waals surface area contributed by atoms with E-state index in [1.54, 1.807) is 6.20 Å². The summed E-state index contributed by atoms with van der Waals surface area (Å²) in [5.74, 6) is -0.643. The number of aromatic amines is 1. The zero-order valence-electron chi connectivity index (χ0n) is 6.82. The van der Waals surface area contributed by atoms with Gasteiger partial charge < -0.3 is 15.5 Å². The van der Waals surface area contributed by atoms with Crippen LogP contribution in [-0.4, -0.2) is 22.0 Å². The number of rotatable bonds is 3. The molecule has 0 fully saturated rings. The average Bonchev–Trinajstić information content (AvgIpc) is 2.51. The summed E-state index contributed by atoms with van der Waals surface area (Å²) in [6, 6.07) is 0. The summed E-state index contributed by atoms with van der Waals surface area (Å²) >= 11 is 0. The predicted octanol–water partition coefficient (Wildman–Crippen LogP) is -0.0358. The largest absolute Gasteiger partial charge is 0.412 e. The Balaban J connectivity index is 2.27. The van der Waals surface area contributed by atoms with Crippen molar-refractivity contribution in [3.05, 3.63) is 18.2 Å². The first kappa shape index (κ1) is 9.24. The maximum atomic E-state index is 10.8. The Hall–Kier alpha value is -1.85. The van der Waals surface area contributed by atoms with Gasteiger partial charge in [-0.1, -0.05) is 0 Å². The molecular weight excluding hydrogens is 174 g/mol. The molecule has 0 aliphatic rings. The summed E-state index contributed by atoms with van der Waals surface area (Å²) in [6.45, 7) is 0. The summed E-state index contributed by atoms with van der Waals surface area (Å²) in [6.07, 6.45) is 2.61. The molecule has 6 nitrogen and oxygen atoms in total. The third-order valence-corrected chi connectivity index (χ3v) is 1.35. The van der Waals surface area contributed by atoms with Crippen LogP contribution in [0.4, 0.5) is 4.79 Å². The molecule has 0 unspecified atom stereocenters. The van der Waals surface area contributed by atoms with E-state index < -0.39 is 12.1 Å². The second-order valence-corrected chi connectivity index (χ2v) is 2.35. The summed E-state index contributed by atoms with van der Waals surface area (Å²) in [5.41, 5.74) is 5.38. The van der Waals surface area contributed by atoms with E-state index in [9.17, 15) is 9.59 Å². The third-order valence-electron chi connectivity index (χ3n) is 1.35. The molecule has 6 heteroatoms. The molecule has 0 aliphatic carbocycles. The summed E-state index contributed by atoms with van der Waals surface area (Å²) < 4.78 is 4.11. The van der Waals surface area contributed by atoms with Gasteiger partial charge in [0.25, 0.3) is 0 Å². The van der Waals surface area contributed by atoms with Crippen LogP contribution in [0.5, 0.6) is 0 Å². The Bertz CT molecular complexity index is 294. The van der Waals surface area contributed by atoms with Crippen LogP contribution in [0.2, 0.25) is 0 Å². The number of primary amides is 1. The van der Waals surface area contributed by atoms with Crippen molar-refractivity contribution in [2.45, 2.75) is 12.8 Å². The normalized spacial score (nSPS) is 9.54. The van der Waals surface area contributed by atoms with Gasteiger partial charge in [0.1, 0.15) is 0 Å². The highest BCUT2D eigenvalue weighted by molar-refractivity contribution is 5.83. The molecule has 0 aromatic carbocycles. The minimum absolute atomic E-state index is 0.0911. The van der Waals surface area contributed by atoms with Crippen molar-refractivity contribution in [1.82, 2.24) is 9.97 Å². The summed E-state index contributed by atoms with van der Waals surface area (Å²) in [4.78, 5) is 27.5. The maximum Gasteiger partial charge on any atom is 0.412 e. The molecule has 1 aromatic heterocycles. The van der Waals surface area contributed by atoms with E-state index in [0.717, 1.165) is 5.69 Å². The molecular formula is C7H9N3O3. The molecule has 1 rings (SSSR count). The Morgan fingerprint density at radius 2 is 2.38 bits per heavy atom. The molecule has 13 heavy (non-hydrogen) atoms.